The summed E-state index contributed by atoms with van der Waals surface area (Å²) >= 11 is 15.7. The molecule has 0 spiro atoms. The molecule has 2 aromatic heterocycles. The molecule has 6 nitrogen and oxygen atoms in total. The van der Waals surface area contributed by atoms with E-state index >= 15 is 0 Å². The molecule has 0 fully saturated rings. The number of carbonyl (C=O) groups excluding carboxylic acids is 2. The zero-order chi connectivity index (χ0) is 31.9. The van der Waals surface area contributed by atoms with Gasteiger partial charge in [0.05, 0.1) is 30.6 Å². The molecule has 14 heteroatoms. The van der Waals surface area contributed by atoms with Gasteiger partial charge in [0, 0.05) is 12.8 Å². The van der Waals surface area contributed by atoms with Crippen LogP contribution in [0, 0.1) is 11.6 Å². The summed E-state index contributed by atoms with van der Waals surface area (Å²) in [5, 5.41) is 9.59. The Morgan fingerprint density at radius 3 is 1.60 bits per heavy atom. The van der Waals surface area contributed by atoms with E-state index in [0.29, 0.717) is 39.8 Å². The Hall–Kier alpha value is -2.00. The van der Waals surface area contributed by atoms with Crippen molar-refractivity contribution in [3.8, 4) is 11.5 Å². The average Bonchev–Trinajstić information content (AvgIpc) is 2.97. The van der Waals surface area contributed by atoms with Gasteiger partial charge in [0.2, 0.25) is 0 Å². The van der Waals surface area contributed by atoms with Gasteiger partial charge >= 0.3 is 3.18 Å². The molecule has 226 valence electrons. The van der Waals surface area contributed by atoms with Crippen LogP contribution in [0.4, 0.5) is 8.78 Å². The summed E-state index contributed by atoms with van der Waals surface area (Å²) in [7, 11) is 1.50. The smallest absolute Gasteiger partial charge is 0.369 e. The molecular formula is C29H24BBr5F2N2O4. The third kappa shape index (κ3) is 14.1. The Kier molecular flexibility index (Phi) is 16.8. The number of benzene rings is 2. The van der Waals surface area contributed by atoms with Crippen molar-refractivity contribution in [1.82, 2.24) is 9.97 Å². The number of hydrogen-bond acceptors (Lipinski definition) is 6. The number of pyridine rings is 2. The van der Waals surface area contributed by atoms with E-state index in [1.807, 2.05) is 0 Å². The SMILES string of the molecule is BrB(Br)Br.COc1cnc(Br)cc1C(=O)CCc1ccc(F)cc1.O=C(CCc1ccc(F)cc1)c1cc(Br)ncc1O. The molecule has 1 N–H and O–H groups in total. The Balaban J connectivity index is 0.000000267. The number of nitrogens with zero attached hydrogens (tertiary/aromatic N) is 2. The van der Waals surface area contributed by atoms with Crippen molar-refractivity contribution in [3.05, 3.63) is 116 Å². The summed E-state index contributed by atoms with van der Waals surface area (Å²) < 4.78 is 32.0. The molecule has 0 saturated carbocycles. The summed E-state index contributed by atoms with van der Waals surface area (Å²) in [5.74, 6) is -0.464. The lowest BCUT2D eigenvalue weighted by Crippen LogP contribution is -2.04. The molecule has 0 atom stereocenters. The van der Waals surface area contributed by atoms with Crippen LogP contribution < -0.4 is 4.74 Å². The van der Waals surface area contributed by atoms with E-state index in [2.05, 4.69) is 89.1 Å². The minimum atomic E-state index is -0.300. The van der Waals surface area contributed by atoms with E-state index in [-0.39, 0.29) is 44.1 Å². The van der Waals surface area contributed by atoms with Gasteiger partial charge in [0.25, 0.3) is 0 Å². The molecule has 2 aromatic carbocycles. The van der Waals surface area contributed by atoms with Crippen LogP contribution in [0.2, 0.25) is 0 Å². The predicted molar refractivity (Wildman–Crippen MR) is 183 cm³/mol. The van der Waals surface area contributed by atoms with Crippen LogP contribution in [-0.4, -0.2) is 36.9 Å². The van der Waals surface area contributed by atoms with Gasteiger partial charge in [-0.25, -0.2) is 18.7 Å². The number of aromatic hydroxyl groups is 1. The summed E-state index contributed by atoms with van der Waals surface area (Å²) in [6, 6.07) is 15.3. The van der Waals surface area contributed by atoms with Gasteiger partial charge < -0.3 is 9.84 Å². The van der Waals surface area contributed by atoms with Crippen LogP contribution >= 0.6 is 79.1 Å². The second-order valence-corrected chi connectivity index (χ2v) is 16.6. The fourth-order valence-electron chi connectivity index (χ4n) is 3.53. The van der Waals surface area contributed by atoms with Crippen LogP contribution in [-0.2, 0) is 12.8 Å². The highest BCUT2D eigenvalue weighted by atomic mass is 79.9. The van der Waals surface area contributed by atoms with Crippen molar-refractivity contribution >= 4 is 93.9 Å². The quantitative estimate of drug-likeness (QED) is 0.102. The Morgan fingerprint density at radius 2 is 1.16 bits per heavy atom. The predicted octanol–water partition coefficient (Wildman–Crippen LogP) is 9.47. The molecule has 0 saturated heterocycles. The number of halogens is 7. The summed E-state index contributed by atoms with van der Waals surface area (Å²) in [5.41, 5.74) is 2.54. The van der Waals surface area contributed by atoms with Crippen molar-refractivity contribution < 1.29 is 28.2 Å². The van der Waals surface area contributed by atoms with Crippen LogP contribution in [0.25, 0.3) is 0 Å². The fourth-order valence-corrected chi connectivity index (χ4v) is 4.19. The van der Waals surface area contributed by atoms with Gasteiger partial charge in [-0.05, 0) is 92.2 Å². The van der Waals surface area contributed by atoms with Gasteiger partial charge in [0.15, 0.2) is 11.6 Å². The van der Waals surface area contributed by atoms with Crippen molar-refractivity contribution in [2.75, 3.05) is 7.11 Å². The van der Waals surface area contributed by atoms with E-state index in [0.717, 1.165) is 11.1 Å². The van der Waals surface area contributed by atoms with E-state index in [1.165, 1.54) is 49.8 Å². The highest BCUT2D eigenvalue weighted by Gasteiger charge is 2.14. The molecule has 4 rings (SSSR count). The molecule has 0 aliphatic carbocycles. The maximum atomic E-state index is 12.8. The minimum absolute atomic E-state index is 0.0331. The number of ketones is 2. The molecule has 0 amide bonds. The molecular weight excluding hydrogens is 889 g/mol. The maximum absolute atomic E-state index is 12.8. The third-order valence-corrected chi connectivity index (χ3v) is 6.48. The third-order valence-electron chi connectivity index (χ3n) is 5.61. The zero-order valence-electron chi connectivity index (χ0n) is 22.5. The van der Waals surface area contributed by atoms with E-state index < -0.39 is 0 Å². The Bertz CT molecular complexity index is 1490. The first-order chi connectivity index (χ1) is 20.4. The van der Waals surface area contributed by atoms with Crippen LogP contribution in [0.15, 0.2) is 82.3 Å². The normalized spacial score (nSPS) is 10.0. The largest absolute Gasteiger partial charge is 0.506 e. The standard InChI is InChI=1S/C15H13BrFNO2.C14H11BrFNO2.BBr3/c1-20-14-9-18-15(16)8-12(14)13(19)7-4-10-2-5-11(17)6-3-10;15-14-7-11(13(19)8-17-14)12(18)6-3-9-1-4-10(16)5-2-9;2-1(3)4/h2-3,5-6,8-9H,4,7H2,1H3;1-2,4-5,7-8,19H,3,6H2;. The molecule has 0 unspecified atom stereocenters. The van der Waals surface area contributed by atoms with Gasteiger partial charge in [-0.3, -0.25) is 9.59 Å². The lowest BCUT2D eigenvalue weighted by molar-refractivity contribution is 0.0971. The van der Waals surface area contributed by atoms with Crippen molar-refractivity contribution in [2.45, 2.75) is 25.7 Å². The highest BCUT2D eigenvalue weighted by Crippen LogP contribution is 2.23. The number of carbonyl (C=O) groups is 2. The first-order valence-electron chi connectivity index (χ1n) is 12.4. The Morgan fingerprint density at radius 1 is 0.767 bits per heavy atom. The number of methoxy groups -OCH3 is 1. The maximum Gasteiger partial charge on any atom is 0.369 e. The molecule has 0 aliphatic rings. The summed E-state index contributed by atoms with van der Waals surface area (Å²) in [6.07, 6.45) is 4.37. The molecule has 0 radical (unpaired) electrons. The number of aryl methyl sites for hydroxylation is 2. The monoisotopic (exact) mass is 908 g/mol. The number of hydrogen-bond donors (Lipinski definition) is 1. The number of ether oxygens (including phenoxy) is 1. The molecule has 0 aliphatic heterocycles. The van der Waals surface area contributed by atoms with Gasteiger partial charge in [-0.15, -0.1) is 47.3 Å². The molecule has 2 heterocycles. The van der Waals surface area contributed by atoms with Crippen LogP contribution in [0.1, 0.15) is 44.7 Å². The minimum Gasteiger partial charge on any atom is -0.506 e. The molecule has 43 heavy (non-hydrogen) atoms. The number of Topliss-reactive ketones (excluding diaryl/α,β-unsaturated/α-hetero) is 2. The lowest BCUT2D eigenvalue weighted by atomic mass is 10.0. The van der Waals surface area contributed by atoms with Crippen molar-refractivity contribution in [2.24, 2.45) is 0 Å². The van der Waals surface area contributed by atoms with E-state index in [4.69, 9.17) is 4.74 Å². The van der Waals surface area contributed by atoms with Crippen molar-refractivity contribution in [1.29, 1.82) is 0 Å². The molecule has 0 bridgehead atoms. The van der Waals surface area contributed by atoms with E-state index in [1.54, 1.807) is 30.3 Å². The fraction of sp³-hybridized carbons (Fsp3) is 0.172. The summed E-state index contributed by atoms with van der Waals surface area (Å²) in [6.45, 7) is 0. The van der Waals surface area contributed by atoms with E-state index in [9.17, 15) is 23.5 Å². The lowest BCUT2D eigenvalue weighted by Gasteiger charge is -2.07. The Labute approximate surface area is 290 Å². The number of rotatable bonds is 9. The first-order valence-corrected chi connectivity index (χ1v) is 16.7. The first kappa shape index (κ1) is 37.2. The second-order valence-electron chi connectivity index (χ2n) is 8.58. The van der Waals surface area contributed by atoms with Gasteiger partial charge in [-0.1, -0.05) is 24.3 Å². The molecule has 4 aromatic rings. The van der Waals surface area contributed by atoms with Crippen molar-refractivity contribution in [3.63, 3.8) is 0 Å². The number of aromatic nitrogens is 2. The van der Waals surface area contributed by atoms with Crippen LogP contribution in [0.5, 0.6) is 11.5 Å². The van der Waals surface area contributed by atoms with Gasteiger partial charge in [0.1, 0.15) is 32.3 Å². The topological polar surface area (TPSA) is 89.4 Å². The van der Waals surface area contributed by atoms with Crippen LogP contribution in [0.3, 0.4) is 0 Å². The average molecular weight is 913 g/mol. The zero-order valence-corrected chi connectivity index (χ0v) is 30.5. The van der Waals surface area contributed by atoms with Gasteiger partial charge in [-0.2, -0.15) is 0 Å². The highest BCUT2D eigenvalue weighted by molar-refractivity contribution is 9.69. The second kappa shape index (κ2) is 19.4. The summed E-state index contributed by atoms with van der Waals surface area (Å²) in [4.78, 5) is 32.0.